The van der Waals surface area contributed by atoms with Gasteiger partial charge in [-0.05, 0) is 50.5 Å². The number of carbonyl (C=O) groups excluding carboxylic acids is 1. The van der Waals surface area contributed by atoms with Gasteiger partial charge >= 0.3 is 6.09 Å². The number of imidazole rings is 1. The summed E-state index contributed by atoms with van der Waals surface area (Å²) in [6.07, 6.45) is 1.25. The monoisotopic (exact) mass is 317 g/mol. The van der Waals surface area contributed by atoms with Crippen molar-refractivity contribution in [2.24, 2.45) is 7.05 Å². The minimum absolute atomic E-state index is 0.452. The first kappa shape index (κ1) is 15.0. The Balaban J connectivity index is 2.82. The standard InChI is InChI=1S/C12H20BrN3O2/c1-11(2,3)18-10(17)15-12(4,5)9-14-7-8(13)16(9)6/h7H,1-6H3,(H,15,17). The predicted octanol–water partition coefficient (Wildman–Crippen LogP) is 2.94. The number of nitrogens with one attached hydrogen (secondary N) is 1. The van der Waals surface area contributed by atoms with Gasteiger partial charge in [0.15, 0.2) is 0 Å². The maximum Gasteiger partial charge on any atom is 0.408 e. The van der Waals surface area contributed by atoms with Crippen molar-refractivity contribution in [1.82, 2.24) is 14.9 Å². The molecule has 0 aliphatic carbocycles. The lowest BCUT2D eigenvalue weighted by molar-refractivity contribution is 0.0465. The molecule has 18 heavy (non-hydrogen) atoms. The van der Waals surface area contributed by atoms with E-state index in [1.54, 1.807) is 6.20 Å². The second-order valence-electron chi connectivity index (χ2n) is 5.72. The third kappa shape index (κ3) is 3.73. The van der Waals surface area contributed by atoms with Crippen LogP contribution in [0.15, 0.2) is 10.8 Å². The van der Waals surface area contributed by atoms with Gasteiger partial charge in [0, 0.05) is 7.05 Å². The number of amides is 1. The fourth-order valence-corrected chi connectivity index (χ4v) is 1.85. The van der Waals surface area contributed by atoms with Crippen LogP contribution in [-0.4, -0.2) is 21.2 Å². The van der Waals surface area contributed by atoms with E-state index in [4.69, 9.17) is 4.74 Å². The van der Waals surface area contributed by atoms with Crippen LogP contribution in [0.2, 0.25) is 0 Å². The van der Waals surface area contributed by atoms with Crippen LogP contribution >= 0.6 is 15.9 Å². The van der Waals surface area contributed by atoms with Crippen molar-refractivity contribution in [3.63, 3.8) is 0 Å². The molecule has 1 amide bonds. The second kappa shape index (κ2) is 4.91. The smallest absolute Gasteiger partial charge is 0.408 e. The molecule has 0 aliphatic rings. The molecular weight excluding hydrogens is 298 g/mol. The Morgan fingerprint density at radius 1 is 1.39 bits per heavy atom. The first-order valence-corrected chi connectivity index (χ1v) is 6.51. The van der Waals surface area contributed by atoms with Gasteiger partial charge in [-0.1, -0.05) is 0 Å². The quantitative estimate of drug-likeness (QED) is 0.912. The molecule has 0 aliphatic heterocycles. The highest BCUT2D eigenvalue weighted by Gasteiger charge is 2.30. The molecule has 1 aromatic rings. The number of nitrogens with zero attached hydrogens (tertiary/aromatic N) is 2. The molecule has 6 heteroatoms. The summed E-state index contributed by atoms with van der Waals surface area (Å²) < 4.78 is 7.97. The van der Waals surface area contributed by atoms with E-state index in [1.807, 2.05) is 46.2 Å². The Kier molecular flexibility index (Phi) is 4.10. The van der Waals surface area contributed by atoms with E-state index in [1.165, 1.54) is 0 Å². The van der Waals surface area contributed by atoms with Crippen LogP contribution in [-0.2, 0) is 17.3 Å². The van der Waals surface area contributed by atoms with Gasteiger partial charge in [-0.25, -0.2) is 9.78 Å². The Morgan fingerprint density at radius 2 is 1.94 bits per heavy atom. The molecule has 0 unspecified atom stereocenters. The van der Waals surface area contributed by atoms with Gasteiger partial charge in [0.25, 0.3) is 0 Å². The van der Waals surface area contributed by atoms with E-state index in [0.29, 0.717) is 0 Å². The maximum atomic E-state index is 11.8. The molecule has 5 nitrogen and oxygen atoms in total. The highest BCUT2D eigenvalue weighted by Crippen LogP contribution is 2.22. The van der Waals surface area contributed by atoms with Crippen LogP contribution < -0.4 is 5.32 Å². The van der Waals surface area contributed by atoms with Gasteiger partial charge < -0.3 is 14.6 Å². The summed E-state index contributed by atoms with van der Waals surface area (Å²) in [6, 6.07) is 0. The van der Waals surface area contributed by atoms with E-state index in [9.17, 15) is 4.79 Å². The highest BCUT2D eigenvalue weighted by atomic mass is 79.9. The molecule has 0 aromatic carbocycles. The topological polar surface area (TPSA) is 56.2 Å². The predicted molar refractivity (Wildman–Crippen MR) is 73.3 cm³/mol. The Morgan fingerprint density at radius 3 is 2.33 bits per heavy atom. The van der Waals surface area contributed by atoms with E-state index in [2.05, 4.69) is 26.2 Å². The van der Waals surface area contributed by atoms with Gasteiger partial charge in [-0.2, -0.15) is 0 Å². The molecule has 0 atom stereocenters. The Labute approximate surface area is 116 Å². The van der Waals surface area contributed by atoms with Crippen molar-refractivity contribution in [1.29, 1.82) is 0 Å². The van der Waals surface area contributed by atoms with Crippen LogP contribution in [0.1, 0.15) is 40.4 Å². The SMILES string of the molecule is Cn1c(Br)cnc1C(C)(C)NC(=O)OC(C)(C)C. The maximum absolute atomic E-state index is 11.8. The van der Waals surface area contributed by atoms with Gasteiger partial charge in [-0.3, -0.25) is 0 Å². The summed E-state index contributed by atoms with van der Waals surface area (Å²) in [7, 11) is 1.88. The van der Waals surface area contributed by atoms with Gasteiger partial charge in [0.1, 0.15) is 16.0 Å². The molecule has 1 heterocycles. The Hall–Kier alpha value is -1.04. The zero-order chi connectivity index (χ0) is 14.1. The molecule has 0 saturated heterocycles. The number of aromatic nitrogens is 2. The molecule has 102 valence electrons. The Bertz CT molecular complexity index is 447. The second-order valence-corrected chi connectivity index (χ2v) is 6.53. The zero-order valence-electron chi connectivity index (χ0n) is 11.7. The van der Waals surface area contributed by atoms with Gasteiger partial charge in [0.05, 0.1) is 11.7 Å². The van der Waals surface area contributed by atoms with Crippen molar-refractivity contribution in [3.05, 3.63) is 16.6 Å². The summed E-state index contributed by atoms with van der Waals surface area (Å²) in [4.78, 5) is 16.1. The van der Waals surface area contributed by atoms with E-state index in [-0.39, 0.29) is 0 Å². The fraction of sp³-hybridized carbons (Fsp3) is 0.667. The minimum atomic E-state index is -0.608. The molecule has 0 radical (unpaired) electrons. The first-order chi connectivity index (χ1) is 8.03. The van der Waals surface area contributed by atoms with E-state index >= 15 is 0 Å². The zero-order valence-corrected chi connectivity index (χ0v) is 13.3. The summed E-state index contributed by atoms with van der Waals surface area (Å²) in [5, 5.41) is 2.82. The number of ether oxygens (including phenoxy) is 1. The van der Waals surface area contributed by atoms with Crippen LogP contribution in [0.25, 0.3) is 0 Å². The van der Waals surface area contributed by atoms with Crippen molar-refractivity contribution < 1.29 is 9.53 Å². The number of rotatable bonds is 2. The molecule has 1 rings (SSSR count). The molecule has 1 N–H and O–H groups in total. The van der Waals surface area contributed by atoms with Gasteiger partial charge in [-0.15, -0.1) is 0 Å². The first-order valence-electron chi connectivity index (χ1n) is 5.72. The van der Waals surface area contributed by atoms with Crippen molar-refractivity contribution >= 4 is 22.0 Å². The molecule has 0 bridgehead atoms. The number of carbonyl (C=O) groups is 1. The third-order valence-electron chi connectivity index (χ3n) is 2.30. The number of halogens is 1. The molecule has 0 saturated carbocycles. The van der Waals surface area contributed by atoms with Crippen LogP contribution in [0.5, 0.6) is 0 Å². The number of hydrogen-bond donors (Lipinski definition) is 1. The molecular formula is C12H20BrN3O2. The van der Waals surface area contributed by atoms with E-state index in [0.717, 1.165) is 10.4 Å². The average molecular weight is 318 g/mol. The molecule has 1 aromatic heterocycles. The van der Waals surface area contributed by atoms with Crippen LogP contribution in [0.3, 0.4) is 0 Å². The number of alkyl carbamates (subject to hydrolysis) is 1. The summed E-state index contributed by atoms with van der Waals surface area (Å²) in [5.74, 6) is 0.750. The highest BCUT2D eigenvalue weighted by molar-refractivity contribution is 9.10. The summed E-state index contributed by atoms with van der Waals surface area (Å²) >= 11 is 3.38. The van der Waals surface area contributed by atoms with Crippen LogP contribution in [0, 0.1) is 0 Å². The minimum Gasteiger partial charge on any atom is -0.444 e. The molecule has 0 fully saturated rings. The summed E-state index contributed by atoms with van der Waals surface area (Å²) in [5.41, 5.74) is -1.12. The largest absolute Gasteiger partial charge is 0.444 e. The normalized spacial score (nSPS) is 12.4. The number of hydrogen-bond acceptors (Lipinski definition) is 3. The lowest BCUT2D eigenvalue weighted by Gasteiger charge is -2.28. The lowest BCUT2D eigenvalue weighted by atomic mass is 10.1. The van der Waals surface area contributed by atoms with Gasteiger partial charge in [0.2, 0.25) is 0 Å². The molecule has 0 spiro atoms. The van der Waals surface area contributed by atoms with Crippen molar-refractivity contribution in [2.45, 2.75) is 45.8 Å². The van der Waals surface area contributed by atoms with Crippen molar-refractivity contribution in [2.75, 3.05) is 0 Å². The van der Waals surface area contributed by atoms with Crippen molar-refractivity contribution in [3.8, 4) is 0 Å². The third-order valence-corrected chi connectivity index (χ3v) is 3.04. The lowest BCUT2D eigenvalue weighted by Crippen LogP contribution is -2.45. The fourth-order valence-electron chi connectivity index (χ4n) is 1.58. The van der Waals surface area contributed by atoms with Crippen LogP contribution in [0.4, 0.5) is 4.79 Å². The average Bonchev–Trinajstić information content (AvgIpc) is 2.43. The van der Waals surface area contributed by atoms with E-state index < -0.39 is 17.2 Å². The summed E-state index contributed by atoms with van der Waals surface area (Å²) in [6.45, 7) is 9.25.